The highest BCUT2D eigenvalue weighted by molar-refractivity contribution is 7.46. The third kappa shape index (κ3) is 12.4. The fourth-order valence-corrected chi connectivity index (χ4v) is 6.11. The van der Waals surface area contributed by atoms with E-state index in [0.29, 0.717) is 18.9 Å². The molecule has 3 aromatic rings. The monoisotopic (exact) mass is 601 g/mol. The van der Waals surface area contributed by atoms with E-state index in [-0.39, 0.29) is 22.8 Å². The number of Topliss-reactive ketones (excluding diaryl/α,β-unsaturated/α-hetero) is 1. The van der Waals surface area contributed by atoms with Crippen molar-refractivity contribution in [3.05, 3.63) is 70.7 Å². The number of carbonyl (C=O) groups excluding carboxylic acids is 1. The smallest absolute Gasteiger partial charge is 0.372 e. The topological polar surface area (TPSA) is 88.8 Å². The lowest BCUT2D eigenvalue weighted by atomic mass is 10.1. The third-order valence-corrected chi connectivity index (χ3v) is 8.34. The number of unbranched alkanes of at least 4 members (excludes halogenated alkanes) is 11. The zero-order valence-corrected chi connectivity index (χ0v) is 26.1. The Morgan fingerprint density at radius 2 is 1.51 bits per heavy atom. The largest absolute Gasteiger partial charge is 0.736 e. The lowest BCUT2D eigenvalue weighted by molar-refractivity contribution is -0.683. The Labute approximate surface area is 249 Å². The van der Waals surface area contributed by atoms with Crippen molar-refractivity contribution < 1.29 is 32.6 Å². The first-order valence-electron chi connectivity index (χ1n) is 14.8. The van der Waals surface area contributed by atoms with Crippen LogP contribution in [0.2, 0.25) is 0 Å². The van der Waals surface area contributed by atoms with Gasteiger partial charge in [0, 0.05) is 5.56 Å². The molecule has 3 rings (SSSR count). The van der Waals surface area contributed by atoms with Gasteiger partial charge in [0.2, 0.25) is 5.51 Å². The average Bonchev–Trinajstić information content (AvgIpc) is 3.44. The molecule has 0 radical (unpaired) electrons. The normalized spacial score (nSPS) is 12.6. The zero-order chi connectivity index (χ0) is 29.3. The van der Waals surface area contributed by atoms with Crippen molar-refractivity contribution in [3.8, 4) is 17.2 Å². The summed E-state index contributed by atoms with van der Waals surface area (Å²) in [7, 11) is -4.84. The number of phosphoric acid groups is 1. The van der Waals surface area contributed by atoms with Crippen LogP contribution in [0.1, 0.15) is 107 Å². The molecular formula is C32H44NO6PS. The van der Waals surface area contributed by atoms with E-state index in [2.05, 4.69) is 6.92 Å². The van der Waals surface area contributed by atoms with Gasteiger partial charge in [-0.2, -0.15) is 4.57 Å². The first-order valence-corrected chi connectivity index (χ1v) is 17.3. The van der Waals surface area contributed by atoms with Crippen LogP contribution in [0.4, 0.5) is 0 Å². The Morgan fingerprint density at radius 1 is 0.878 bits per heavy atom. The Balaban J connectivity index is 1.46. The standard InChI is InChI=1S/C32H44NO6PS/c1-3-4-5-6-7-8-9-10-11-12-13-14-22-37-30-19-16-20-31(32(30)27(2)34)39-40(35,36)38-29-18-15-17-28(24-29)25-33-21-23-41-26-33/h15-21,23-24,26H,3-14,22,25H2,1-2H3. The molecule has 1 unspecified atom stereocenters. The second-order valence-electron chi connectivity index (χ2n) is 10.4. The number of thiazole rings is 1. The molecule has 0 bridgehead atoms. The predicted octanol–water partition coefficient (Wildman–Crippen LogP) is 8.29. The highest BCUT2D eigenvalue weighted by atomic mass is 32.1. The van der Waals surface area contributed by atoms with Gasteiger partial charge in [0.25, 0.3) is 0 Å². The first kappa shape index (κ1) is 32.8. The lowest BCUT2D eigenvalue weighted by Gasteiger charge is -2.25. The molecular weight excluding hydrogens is 557 g/mol. The van der Waals surface area contributed by atoms with Gasteiger partial charge in [-0.25, -0.2) is 4.57 Å². The van der Waals surface area contributed by atoms with Crippen molar-refractivity contribution in [2.45, 2.75) is 97.4 Å². The van der Waals surface area contributed by atoms with Crippen LogP contribution in [-0.4, -0.2) is 12.4 Å². The van der Waals surface area contributed by atoms with Crippen molar-refractivity contribution in [3.63, 3.8) is 0 Å². The molecule has 1 aromatic heterocycles. The molecule has 0 aliphatic heterocycles. The van der Waals surface area contributed by atoms with Crippen molar-refractivity contribution in [1.82, 2.24) is 0 Å². The summed E-state index contributed by atoms with van der Waals surface area (Å²) < 4.78 is 31.2. The maximum Gasteiger partial charge on any atom is 0.372 e. The molecule has 0 aliphatic rings. The summed E-state index contributed by atoms with van der Waals surface area (Å²) in [5, 5.41) is 1.96. The lowest BCUT2D eigenvalue weighted by Crippen LogP contribution is -2.30. The van der Waals surface area contributed by atoms with E-state index in [1.165, 1.54) is 70.8 Å². The third-order valence-electron chi connectivity index (χ3n) is 6.81. The number of hydrogen-bond donors (Lipinski definition) is 0. The summed E-state index contributed by atoms with van der Waals surface area (Å²) in [5.74, 6) is 0.00126. The number of ketones is 1. The van der Waals surface area contributed by atoms with Crippen LogP contribution in [0.3, 0.4) is 0 Å². The van der Waals surface area contributed by atoms with Gasteiger partial charge in [-0.05, 0) is 37.6 Å². The van der Waals surface area contributed by atoms with Gasteiger partial charge < -0.3 is 18.7 Å². The van der Waals surface area contributed by atoms with Crippen molar-refractivity contribution >= 4 is 24.9 Å². The summed E-state index contributed by atoms with van der Waals surface area (Å²) in [6.07, 6.45) is 16.9. The summed E-state index contributed by atoms with van der Waals surface area (Å²) >= 11 is 1.57. The maximum atomic E-state index is 12.8. The number of rotatable bonds is 21. The number of aromatic nitrogens is 1. The quantitative estimate of drug-likeness (QED) is 0.0528. The molecule has 0 amide bonds. The van der Waals surface area contributed by atoms with Crippen LogP contribution < -0.4 is 23.2 Å². The van der Waals surface area contributed by atoms with E-state index in [4.69, 9.17) is 13.8 Å². The Morgan fingerprint density at radius 3 is 2.15 bits per heavy atom. The second kappa shape index (κ2) is 18.0. The summed E-state index contributed by atoms with van der Waals surface area (Å²) in [5.41, 5.74) is 2.93. The van der Waals surface area contributed by atoms with Crippen molar-refractivity contribution in [2.75, 3.05) is 6.61 Å². The van der Waals surface area contributed by atoms with E-state index in [9.17, 15) is 14.3 Å². The van der Waals surface area contributed by atoms with Gasteiger partial charge in [-0.1, -0.05) is 107 Å². The molecule has 224 valence electrons. The average molecular weight is 602 g/mol. The van der Waals surface area contributed by atoms with Gasteiger partial charge in [0.1, 0.15) is 22.8 Å². The highest BCUT2D eigenvalue weighted by Gasteiger charge is 2.21. The van der Waals surface area contributed by atoms with Crippen LogP contribution in [0.25, 0.3) is 0 Å². The molecule has 9 heteroatoms. The van der Waals surface area contributed by atoms with E-state index >= 15 is 0 Å². The molecule has 2 aromatic carbocycles. The number of nitrogens with zero attached hydrogens (tertiary/aromatic N) is 1. The molecule has 0 saturated carbocycles. The Bertz CT molecular complexity index is 1230. The van der Waals surface area contributed by atoms with Crippen LogP contribution in [0, 0.1) is 0 Å². The van der Waals surface area contributed by atoms with Crippen LogP contribution in [0.5, 0.6) is 17.2 Å². The van der Waals surface area contributed by atoms with Crippen molar-refractivity contribution in [2.24, 2.45) is 0 Å². The number of ether oxygens (including phenoxy) is 1. The summed E-state index contributed by atoms with van der Waals surface area (Å²) in [6, 6.07) is 11.5. The Hall–Kier alpha value is -2.67. The molecule has 41 heavy (non-hydrogen) atoms. The van der Waals surface area contributed by atoms with Crippen LogP contribution in [-0.2, 0) is 11.1 Å². The highest BCUT2D eigenvalue weighted by Crippen LogP contribution is 2.43. The van der Waals surface area contributed by atoms with Gasteiger partial charge in [0.05, 0.1) is 12.0 Å². The predicted molar refractivity (Wildman–Crippen MR) is 162 cm³/mol. The molecule has 0 spiro atoms. The zero-order valence-electron chi connectivity index (χ0n) is 24.4. The molecule has 7 nitrogen and oxygen atoms in total. The van der Waals surface area contributed by atoms with Crippen LogP contribution >= 0.6 is 19.2 Å². The fourth-order valence-electron chi connectivity index (χ4n) is 4.71. The maximum absolute atomic E-state index is 12.8. The number of benzene rings is 2. The SMILES string of the molecule is CCCCCCCCCCCCCCOc1cccc(OP(=O)([O-])Oc2cccc(C[n+]3ccsc3)c2)c1C(C)=O. The number of carbonyl (C=O) groups is 1. The molecule has 0 N–H and O–H groups in total. The fraction of sp³-hybridized carbons (Fsp3) is 0.500. The number of phosphoric ester groups is 1. The molecule has 0 fully saturated rings. The minimum Gasteiger partial charge on any atom is -0.736 e. The summed E-state index contributed by atoms with van der Waals surface area (Å²) in [4.78, 5) is 25.3. The van der Waals surface area contributed by atoms with Crippen molar-refractivity contribution in [1.29, 1.82) is 0 Å². The van der Waals surface area contributed by atoms with E-state index in [0.717, 1.165) is 24.8 Å². The minimum absolute atomic E-state index is 0.0914. The van der Waals surface area contributed by atoms with Crippen LogP contribution in [0.15, 0.2) is 59.6 Å². The van der Waals surface area contributed by atoms with Gasteiger partial charge in [0.15, 0.2) is 18.5 Å². The minimum atomic E-state index is -4.84. The van der Waals surface area contributed by atoms with E-state index < -0.39 is 7.82 Å². The molecule has 0 saturated heterocycles. The first-order chi connectivity index (χ1) is 19.9. The molecule has 1 atom stereocenters. The van der Waals surface area contributed by atoms with Gasteiger partial charge in [-0.15, -0.1) is 0 Å². The summed E-state index contributed by atoms with van der Waals surface area (Å²) in [6.45, 7) is 4.64. The van der Waals surface area contributed by atoms with Gasteiger partial charge >= 0.3 is 7.82 Å². The second-order valence-corrected chi connectivity index (χ2v) is 12.4. The molecule has 1 heterocycles. The van der Waals surface area contributed by atoms with E-state index in [1.54, 1.807) is 41.7 Å². The Kier molecular flexibility index (Phi) is 14.4. The molecule has 0 aliphatic carbocycles. The number of hydrogen-bond acceptors (Lipinski definition) is 7. The van der Waals surface area contributed by atoms with E-state index in [1.807, 2.05) is 27.7 Å². The van der Waals surface area contributed by atoms with Gasteiger partial charge in [-0.3, -0.25) is 4.79 Å².